The lowest BCUT2D eigenvalue weighted by Crippen LogP contribution is -2.50. The molecule has 162 valence electrons. The molecule has 0 aliphatic carbocycles. The van der Waals surface area contributed by atoms with E-state index in [0.29, 0.717) is 44.3 Å². The predicted molar refractivity (Wildman–Crippen MR) is 118 cm³/mol. The number of carbonyl (C=O) groups is 2. The molecule has 2 aromatic carbocycles. The van der Waals surface area contributed by atoms with Crippen LogP contribution in [0.2, 0.25) is 5.02 Å². The van der Waals surface area contributed by atoms with Gasteiger partial charge in [-0.15, -0.1) is 0 Å². The zero-order valence-corrected chi connectivity index (χ0v) is 17.9. The Kier molecular flexibility index (Phi) is 5.36. The van der Waals surface area contributed by atoms with E-state index in [-0.39, 0.29) is 24.2 Å². The number of anilines is 2. The van der Waals surface area contributed by atoms with Gasteiger partial charge in [0.05, 0.1) is 16.6 Å². The minimum atomic E-state index is -0.326. The first kappa shape index (κ1) is 20.0. The molecule has 3 aliphatic rings. The van der Waals surface area contributed by atoms with Crippen LogP contribution in [0.25, 0.3) is 0 Å². The van der Waals surface area contributed by atoms with Gasteiger partial charge in [-0.2, -0.15) is 0 Å². The maximum Gasteiger partial charge on any atom is 0.228 e. The zero-order chi connectivity index (χ0) is 21.4. The lowest BCUT2D eigenvalue weighted by molar-refractivity contribution is -0.136. The number of piperazine rings is 1. The summed E-state index contributed by atoms with van der Waals surface area (Å²) < 4.78 is 11.2. The second kappa shape index (κ2) is 8.30. The van der Waals surface area contributed by atoms with Crippen molar-refractivity contribution in [1.82, 2.24) is 4.90 Å². The van der Waals surface area contributed by atoms with Crippen LogP contribution in [0, 0.1) is 5.92 Å². The van der Waals surface area contributed by atoms with Crippen LogP contribution >= 0.6 is 11.6 Å². The predicted octanol–water partition coefficient (Wildman–Crippen LogP) is 2.81. The summed E-state index contributed by atoms with van der Waals surface area (Å²) in [5, 5.41) is 0.721. The number of halogens is 1. The average molecular weight is 442 g/mol. The summed E-state index contributed by atoms with van der Waals surface area (Å²) in [5.74, 6) is 1.01. The highest BCUT2D eigenvalue weighted by Crippen LogP contribution is 2.36. The van der Waals surface area contributed by atoms with E-state index in [9.17, 15) is 9.59 Å². The van der Waals surface area contributed by atoms with E-state index in [2.05, 4.69) is 4.90 Å². The summed E-state index contributed by atoms with van der Waals surface area (Å²) >= 11 is 6.31. The Bertz CT molecular complexity index is 1010. The summed E-state index contributed by atoms with van der Waals surface area (Å²) in [6.07, 6.45) is 0.234. The highest BCUT2D eigenvalue weighted by atomic mass is 35.5. The summed E-state index contributed by atoms with van der Waals surface area (Å²) in [6.45, 7) is 4.10. The van der Waals surface area contributed by atoms with E-state index in [4.69, 9.17) is 21.1 Å². The highest BCUT2D eigenvalue weighted by Gasteiger charge is 2.38. The molecule has 0 saturated carbocycles. The lowest BCUT2D eigenvalue weighted by atomic mass is 10.1. The smallest absolute Gasteiger partial charge is 0.228 e. The van der Waals surface area contributed by atoms with Gasteiger partial charge in [-0.1, -0.05) is 23.7 Å². The Hall–Kier alpha value is -2.93. The van der Waals surface area contributed by atoms with Gasteiger partial charge in [0.2, 0.25) is 11.8 Å². The molecule has 8 heteroatoms. The first-order chi connectivity index (χ1) is 15.1. The van der Waals surface area contributed by atoms with Crippen LogP contribution < -0.4 is 19.3 Å². The number of hydrogen-bond donors (Lipinski definition) is 0. The number of rotatable bonds is 3. The van der Waals surface area contributed by atoms with Crippen molar-refractivity contribution in [3.63, 3.8) is 0 Å². The van der Waals surface area contributed by atoms with Crippen LogP contribution in [0.5, 0.6) is 11.5 Å². The first-order valence-corrected chi connectivity index (χ1v) is 11.0. The van der Waals surface area contributed by atoms with Gasteiger partial charge in [0.15, 0.2) is 11.5 Å². The monoisotopic (exact) mass is 441 g/mol. The number of ether oxygens (including phenoxy) is 2. The van der Waals surface area contributed by atoms with Crippen LogP contribution in [0.3, 0.4) is 0 Å². The van der Waals surface area contributed by atoms with Crippen molar-refractivity contribution < 1.29 is 19.1 Å². The molecule has 2 amide bonds. The van der Waals surface area contributed by atoms with Crippen molar-refractivity contribution in [2.75, 3.05) is 55.7 Å². The number of amides is 2. The molecule has 3 heterocycles. The molecule has 0 N–H and O–H groups in total. The van der Waals surface area contributed by atoms with Gasteiger partial charge in [-0.3, -0.25) is 9.59 Å². The van der Waals surface area contributed by atoms with Gasteiger partial charge in [0, 0.05) is 50.9 Å². The summed E-state index contributed by atoms with van der Waals surface area (Å²) in [6, 6.07) is 13.2. The standard InChI is InChI=1S/C23H24ClN3O4/c24-18-3-1-2-4-19(18)25-7-9-26(10-8-25)23(29)16-13-22(28)27(15-16)17-5-6-20-21(14-17)31-12-11-30-20/h1-6,14,16H,7-13,15H2. The summed E-state index contributed by atoms with van der Waals surface area (Å²) in [7, 11) is 0. The van der Waals surface area contributed by atoms with Gasteiger partial charge in [-0.05, 0) is 24.3 Å². The van der Waals surface area contributed by atoms with Crippen LogP contribution in [0.15, 0.2) is 42.5 Å². The summed E-state index contributed by atoms with van der Waals surface area (Å²) in [5.41, 5.74) is 1.74. The third kappa shape index (κ3) is 3.90. The fraction of sp³-hybridized carbons (Fsp3) is 0.391. The third-order valence-corrected chi connectivity index (χ3v) is 6.42. The van der Waals surface area contributed by atoms with Crippen LogP contribution in [-0.4, -0.2) is 62.7 Å². The van der Waals surface area contributed by atoms with E-state index in [1.54, 1.807) is 4.90 Å². The van der Waals surface area contributed by atoms with E-state index in [1.807, 2.05) is 47.4 Å². The van der Waals surface area contributed by atoms with Gasteiger partial charge >= 0.3 is 0 Å². The summed E-state index contributed by atoms with van der Waals surface area (Å²) in [4.78, 5) is 31.6. The molecular weight excluding hydrogens is 418 g/mol. The quantitative estimate of drug-likeness (QED) is 0.733. The number of para-hydroxylation sites is 1. The first-order valence-electron chi connectivity index (χ1n) is 10.6. The van der Waals surface area contributed by atoms with Gasteiger partial charge in [0.1, 0.15) is 13.2 Å². The molecule has 5 rings (SSSR count). The van der Waals surface area contributed by atoms with E-state index < -0.39 is 0 Å². The minimum absolute atomic E-state index is 0.0373. The largest absolute Gasteiger partial charge is 0.486 e. The maximum atomic E-state index is 13.1. The molecule has 2 fully saturated rings. The molecule has 2 saturated heterocycles. The van der Waals surface area contributed by atoms with Crippen LogP contribution in [0.1, 0.15) is 6.42 Å². The fourth-order valence-electron chi connectivity index (χ4n) is 4.46. The van der Waals surface area contributed by atoms with Crippen molar-refractivity contribution >= 4 is 34.8 Å². The van der Waals surface area contributed by atoms with Crippen LogP contribution in [-0.2, 0) is 9.59 Å². The molecule has 31 heavy (non-hydrogen) atoms. The molecular formula is C23H24ClN3O4. The Labute approximate surface area is 186 Å². The minimum Gasteiger partial charge on any atom is -0.486 e. The number of hydrogen-bond acceptors (Lipinski definition) is 5. The zero-order valence-electron chi connectivity index (χ0n) is 17.1. The number of carbonyl (C=O) groups excluding carboxylic acids is 2. The molecule has 7 nitrogen and oxygen atoms in total. The van der Waals surface area contributed by atoms with Gasteiger partial charge < -0.3 is 24.2 Å². The van der Waals surface area contributed by atoms with E-state index in [1.165, 1.54) is 0 Å². The molecule has 0 spiro atoms. The van der Waals surface area contributed by atoms with Crippen LogP contribution in [0.4, 0.5) is 11.4 Å². The normalized spacial score (nSPS) is 20.9. The van der Waals surface area contributed by atoms with Crippen molar-refractivity contribution in [2.24, 2.45) is 5.92 Å². The van der Waals surface area contributed by atoms with Gasteiger partial charge in [0.25, 0.3) is 0 Å². The Balaban J connectivity index is 1.22. The Morgan fingerprint density at radius 3 is 2.48 bits per heavy atom. The highest BCUT2D eigenvalue weighted by molar-refractivity contribution is 6.33. The molecule has 2 aromatic rings. The van der Waals surface area contributed by atoms with Crippen molar-refractivity contribution in [3.05, 3.63) is 47.5 Å². The second-order valence-corrected chi connectivity index (χ2v) is 8.40. The number of nitrogens with zero attached hydrogens (tertiary/aromatic N) is 3. The molecule has 0 aromatic heterocycles. The molecule has 0 bridgehead atoms. The van der Waals surface area contributed by atoms with E-state index in [0.717, 1.165) is 29.5 Å². The average Bonchev–Trinajstić information content (AvgIpc) is 3.20. The lowest BCUT2D eigenvalue weighted by Gasteiger charge is -2.37. The number of benzene rings is 2. The Morgan fingerprint density at radius 1 is 0.968 bits per heavy atom. The second-order valence-electron chi connectivity index (χ2n) is 8.00. The molecule has 0 radical (unpaired) electrons. The van der Waals surface area contributed by atoms with Crippen molar-refractivity contribution in [2.45, 2.75) is 6.42 Å². The molecule has 3 aliphatic heterocycles. The van der Waals surface area contributed by atoms with Crippen molar-refractivity contribution in [1.29, 1.82) is 0 Å². The van der Waals surface area contributed by atoms with E-state index >= 15 is 0 Å². The Morgan fingerprint density at radius 2 is 1.71 bits per heavy atom. The number of fused-ring (bicyclic) bond motifs is 1. The molecule has 1 unspecified atom stereocenters. The third-order valence-electron chi connectivity index (χ3n) is 6.10. The topological polar surface area (TPSA) is 62.3 Å². The SMILES string of the molecule is O=C(C1CC(=O)N(c2ccc3c(c2)OCCO3)C1)N1CCN(c2ccccc2Cl)CC1. The fourth-order valence-corrected chi connectivity index (χ4v) is 4.71. The van der Waals surface area contributed by atoms with Crippen molar-refractivity contribution in [3.8, 4) is 11.5 Å². The van der Waals surface area contributed by atoms with Gasteiger partial charge in [-0.25, -0.2) is 0 Å². The molecule has 1 atom stereocenters. The maximum absolute atomic E-state index is 13.1.